The number of piperidine rings is 1. The number of fused-ring (bicyclic) bond motifs is 3. The smallest absolute Gasteiger partial charge is 0.155 e. The molecule has 2 aliphatic rings. The first-order chi connectivity index (χ1) is 12.3. The summed E-state index contributed by atoms with van der Waals surface area (Å²) < 4.78 is 0. The van der Waals surface area contributed by atoms with Crippen molar-refractivity contribution in [2.45, 2.75) is 51.4 Å². The Morgan fingerprint density at radius 1 is 1.20 bits per heavy atom. The Balaban J connectivity index is 1.53. The van der Waals surface area contributed by atoms with Gasteiger partial charge >= 0.3 is 0 Å². The van der Waals surface area contributed by atoms with E-state index in [1.54, 1.807) is 6.33 Å². The summed E-state index contributed by atoms with van der Waals surface area (Å²) >= 11 is 1.87. The van der Waals surface area contributed by atoms with Gasteiger partial charge in [0.05, 0.1) is 5.39 Å². The molecule has 4 heterocycles. The summed E-state index contributed by atoms with van der Waals surface area (Å²) in [4.78, 5) is 19.0. The van der Waals surface area contributed by atoms with Gasteiger partial charge in [-0.2, -0.15) is 5.10 Å². The van der Waals surface area contributed by atoms with Gasteiger partial charge in [-0.05, 0) is 51.0 Å². The van der Waals surface area contributed by atoms with Crippen LogP contribution in [0.5, 0.6) is 0 Å². The van der Waals surface area contributed by atoms with Crippen molar-refractivity contribution in [2.24, 2.45) is 0 Å². The third-order valence-corrected chi connectivity index (χ3v) is 6.63. The van der Waals surface area contributed by atoms with E-state index in [4.69, 9.17) is 4.98 Å². The summed E-state index contributed by atoms with van der Waals surface area (Å²) in [5, 5.41) is 8.69. The number of anilines is 1. The molecule has 1 fully saturated rings. The third-order valence-electron chi connectivity index (χ3n) is 5.43. The minimum absolute atomic E-state index is 0.373. The lowest BCUT2D eigenvalue weighted by molar-refractivity contribution is 0.490. The van der Waals surface area contributed by atoms with Gasteiger partial charge in [0, 0.05) is 23.9 Å². The largest absolute Gasteiger partial charge is 0.355 e. The molecule has 1 saturated heterocycles. The molecule has 25 heavy (non-hydrogen) atoms. The molecule has 3 aromatic heterocycles. The highest BCUT2D eigenvalue weighted by Gasteiger charge is 2.28. The molecule has 130 valence electrons. The monoisotopic (exact) mass is 354 g/mol. The first-order valence-corrected chi connectivity index (χ1v) is 10.0. The van der Waals surface area contributed by atoms with Crippen LogP contribution in [0.4, 0.5) is 5.82 Å². The normalized spacial score (nSPS) is 20.8. The molecule has 1 aliphatic heterocycles. The van der Waals surface area contributed by atoms with Crippen LogP contribution in [0.2, 0.25) is 0 Å². The second-order valence-electron chi connectivity index (χ2n) is 7.15. The van der Waals surface area contributed by atoms with Crippen molar-refractivity contribution in [1.82, 2.24) is 25.1 Å². The van der Waals surface area contributed by atoms with E-state index < -0.39 is 0 Å². The Morgan fingerprint density at radius 3 is 3.00 bits per heavy atom. The zero-order valence-electron chi connectivity index (χ0n) is 14.5. The van der Waals surface area contributed by atoms with Gasteiger partial charge in [0.15, 0.2) is 5.82 Å². The van der Waals surface area contributed by atoms with E-state index in [0.29, 0.717) is 5.92 Å². The highest BCUT2D eigenvalue weighted by molar-refractivity contribution is 7.19. The fourth-order valence-corrected chi connectivity index (χ4v) is 5.46. The average molecular weight is 354 g/mol. The molecule has 3 aromatic rings. The van der Waals surface area contributed by atoms with E-state index in [1.807, 2.05) is 18.3 Å². The van der Waals surface area contributed by atoms with Crippen LogP contribution in [-0.4, -0.2) is 38.2 Å². The number of hydrogen-bond donors (Lipinski definition) is 1. The topological polar surface area (TPSA) is 70.6 Å². The van der Waals surface area contributed by atoms with Crippen LogP contribution in [0, 0.1) is 6.92 Å². The summed E-state index contributed by atoms with van der Waals surface area (Å²) in [5.41, 5.74) is 1.51. The molecule has 0 radical (unpaired) electrons. The first-order valence-electron chi connectivity index (χ1n) is 9.18. The van der Waals surface area contributed by atoms with Crippen LogP contribution >= 0.6 is 11.3 Å². The Kier molecular flexibility index (Phi) is 3.69. The molecule has 0 amide bonds. The number of thiophene rings is 1. The van der Waals surface area contributed by atoms with Gasteiger partial charge in [-0.25, -0.2) is 15.0 Å². The molecule has 5 rings (SSSR count). The number of hydrogen-bond acceptors (Lipinski definition) is 6. The van der Waals surface area contributed by atoms with Crippen LogP contribution in [0.15, 0.2) is 6.33 Å². The molecule has 1 N–H and O–H groups in total. The summed E-state index contributed by atoms with van der Waals surface area (Å²) in [7, 11) is 0. The van der Waals surface area contributed by atoms with Gasteiger partial charge < -0.3 is 4.90 Å². The highest BCUT2D eigenvalue weighted by atomic mass is 32.1. The quantitative estimate of drug-likeness (QED) is 0.764. The van der Waals surface area contributed by atoms with Crippen molar-refractivity contribution in [1.29, 1.82) is 0 Å². The molecule has 0 aromatic carbocycles. The lowest BCUT2D eigenvalue weighted by Crippen LogP contribution is -2.35. The van der Waals surface area contributed by atoms with E-state index in [0.717, 1.165) is 48.2 Å². The zero-order valence-corrected chi connectivity index (χ0v) is 15.3. The average Bonchev–Trinajstić information content (AvgIpc) is 3.25. The van der Waals surface area contributed by atoms with Crippen molar-refractivity contribution < 1.29 is 0 Å². The van der Waals surface area contributed by atoms with Gasteiger partial charge in [-0.1, -0.05) is 0 Å². The lowest BCUT2D eigenvalue weighted by Gasteiger charge is -2.33. The molecule has 0 bridgehead atoms. The molecular formula is C18H22N6S. The Labute approximate surface area is 150 Å². The number of nitrogens with one attached hydrogen (secondary N) is 1. The zero-order chi connectivity index (χ0) is 16.8. The van der Waals surface area contributed by atoms with Crippen LogP contribution in [0.3, 0.4) is 0 Å². The molecular weight excluding hydrogens is 332 g/mol. The first kappa shape index (κ1) is 15.3. The standard InChI is InChI=1S/C18H22N6S/c1-11-21-16(23-22-11)12-5-4-8-24(9-12)17-15-13-6-2-3-7-14(13)25-18(15)20-10-19-17/h10,12H,2-9H2,1H3,(H,21,22,23). The number of rotatable bonds is 2. The SMILES string of the molecule is Cc1nc(C2CCCN(c3ncnc4sc5c(c34)CCCC5)C2)n[nH]1. The highest BCUT2D eigenvalue weighted by Crippen LogP contribution is 2.40. The van der Waals surface area contributed by atoms with Crippen molar-refractivity contribution in [3.8, 4) is 0 Å². The van der Waals surface area contributed by atoms with E-state index >= 15 is 0 Å². The maximum absolute atomic E-state index is 4.72. The maximum Gasteiger partial charge on any atom is 0.155 e. The minimum Gasteiger partial charge on any atom is -0.355 e. The fourth-order valence-electron chi connectivity index (χ4n) is 4.24. The van der Waals surface area contributed by atoms with Crippen LogP contribution in [-0.2, 0) is 12.8 Å². The Morgan fingerprint density at radius 2 is 2.12 bits per heavy atom. The van der Waals surface area contributed by atoms with Crippen LogP contribution in [0.1, 0.15) is 53.7 Å². The summed E-state index contributed by atoms with van der Waals surface area (Å²) in [5.74, 6) is 3.34. The van der Waals surface area contributed by atoms with Gasteiger partial charge in [-0.3, -0.25) is 5.10 Å². The predicted octanol–water partition coefficient (Wildman–Crippen LogP) is 3.38. The van der Waals surface area contributed by atoms with Gasteiger partial charge in [0.1, 0.15) is 22.8 Å². The van der Waals surface area contributed by atoms with E-state index in [2.05, 4.69) is 25.1 Å². The predicted molar refractivity (Wildman–Crippen MR) is 99.4 cm³/mol. The van der Waals surface area contributed by atoms with E-state index in [9.17, 15) is 0 Å². The van der Waals surface area contributed by atoms with Crippen LogP contribution in [0.25, 0.3) is 10.2 Å². The molecule has 7 heteroatoms. The summed E-state index contributed by atoms with van der Waals surface area (Å²) in [6.07, 6.45) is 8.99. The molecule has 0 spiro atoms. The van der Waals surface area contributed by atoms with E-state index in [-0.39, 0.29) is 0 Å². The van der Waals surface area contributed by atoms with Crippen molar-refractivity contribution in [3.05, 3.63) is 28.4 Å². The van der Waals surface area contributed by atoms with Gasteiger partial charge in [0.2, 0.25) is 0 Å². The van der Waals surface area contributed by atoms with Crippen LogP contribution < -0.4 is 4.90 Å². The number of aromatic amines is 1. The number of aryl methyl sites for hydroxylation is 3. The molecule has 0 saturated carbocycles. The number of nitrogens with zero attached hydrogens (tertiary/aromatic N) is 5. The summed E-state index contributed by atoms with van der Waals surface area (Å²) in [6, 6.07) is 0. The van der Waals surface area contributed by atoms with Gasteiger partial charge in [0.25, 0.3) is 0 Å². The molecule has 1 atom stereocenters. The van der Waals surface area contributed by atoms with Gasteiger partial charge in [-0.15, -0.1) is 11.3 Å². The van der Waals surface area contributed by atoms with Crippen molar-refractivity contribution in [2.75, 3.05) is 18.0 Å². The fraction of sp³-hybridized carbons (Fsp3) is 0.556. The second-order valence-corrected chi connectivity index (χ2v) is 8.24. The molecule has 1 aliphatic carbocycles. The Bertz CT molecular complexity index is 914. The van der Waals surface area contributed by atoms with Crippen molar-refractivity contribution in [3.63, 3.8) is 0 Å². The molecule has 1 unspecified atom stereocenters. The minimum atomic E-state index is 0.373. The number of H-pyrrole nitrogens is 1. The molecule has 6 nitrogen and oxygen atoms in total. The van der Waals surface area contributed by atoms with E-state index in [1.165, 1.54) is 41.5 Å². The second kappa shape index (κ2) is 6.05. The third kappa shape index (κ3) is 2.61. The summed E-state index contributed by atoms with van der Waals surface area (Å²) in [6.45, 7) is 3.95. The van der Waals surface area contributed by atoms with Crippen molar-refractivity contribution >= 4 is 27.4 Å². The lowest BCUT2D eigenvalue weighted by atomic mass is 9.95. The Hall–Kier alpha value is -2.02. The maximum atomic E-state index is 4.72. The number of aromatic nitrogens is 5.